The Bertz CT molecular complexity index is 514. The third kappa shape index (κ3) is 3.31. The van der Waals surface area contributed by atoms with Gasteiger partial charge in [-0.1, -0.05) is 28.1 Å². The minimum Gasteiger partial charge on any atom is -0.487 e. The lowest BCUT2D eigenvalue weighted by Crippen LogP contribution is -2.02. The molecule has 0 radical (unpaired) electrons. The Morgan fingerprint density at radius 3 is 2.83 bits per heavy atom. The van der Waals surface area contributed by atoms with Crippen molar-refractivity contribution in [3.8, 4) is 5.75 Å². The van der Waals surface area contributed by atoms with Crippen LogP contribution in [-0.4, -0.2) is 10.1 Å². The Labute approximate surface area is 115 Å². The summed E-state index contributed by atoms with van der Waals surface area (Å²) in [6, 6.07) is 11.3. The van der Waals surface area contributed by atoms with Crippen LogP contribution in [0.25, 0.3) is 0 Å². The van der Waals surface area contributed by atoms with Crippen LogP contribution in [0.3, 0.4) is 0 Å². The lowest BCUT2D eigenvalue weighted by molar-refractivity contribution is 0.190. The standard InChI is InChI=1S/C14H14BrNO2/c1-10(17)13-6-5-11(15)8-14(13)18-9-12-4-2-3-7-16-12/h2-8,10,17H,9H2,1H3/t10-/m1/s1. The third-order valence-electron chi connectivity index (χ3n) is 2.53. The van der Waals surface area contributed by atoms with Gasteiger partial charge in [0.05, 0.1) is 11.8 Å². The summed E-state index contributed by atoms with van der Waals surface area (Å²) in [6.07, 6.45) is 1.17. The predicted octanol–water partition coefficient (Wildman–Crippen LogP) is 3.48. The van der Waals surface area contributed by atoms with Crippen molar-refractivity contribution >= 4 is 15.9 Å². The van der Waals surface area contributed by atoms with E-state index in [1.165, 1.54) is 0 Å². The Balaban J connectivity index is 2.15. The maximum absolute atomic E-state index is 9.68. The van der Waals surface area contributed by atoms with Gasteiger partial charge < -0.3 is 9.84 Å². The smallest absolute Gasteiger partial charge is 0.130 e. The first-order valence-electron chi connectivity index (χ1n) is 5.67. The van der Waals surface area contributed by atoms with Crippen LogP contribution in [0.5, 0.6) is 5.75 Å². The number of aliphatic hydroxyl groups is 1. The van der Waals surface area contributed by atoms with Gasteiger partial charge in [-0.3, -0.25) is 4.98 Å². The fraction of sp³-hybridized carbons (Fsp3) is 0.214. The van der Waals surface area contributed by atoms with Crippen LogP contribution in [0.4, 0.5) is 0 Å². The molecule has 0 amide bonds. The summed E-state index contributed by atoms with van der Waals surface area (Å²) in [7, 11) is 0. The van der Waals surface area contributed by atoms with Gasteiger partial charge in [0.2, 0.25) is 0 Å². The summed E-state index contributed by atoms with van der Waals surface area (Å²) in [5.74, 6) is 0.671. The second-order valence-electron chi connectivity index (χ2n) is 3.97. The van der Waals surface area contributed by atoms with Crippen LogP contribution in [-0.2, 0) is 6.61 Å². The molecular weight excluding hydrogens is 294 g/mol. The van der Waals surface area contributed by atoms with E-state index in [4.69, 9.17) is 4.74 Å². The van der Waals surface area contributed by atoms with Crippen molar-refractivity contribution in [2.45, 2.75) is 19.6 Å². The third-order valence-corrected chi connectivity index (χ3v) is 3.02. The van der Waals surface area contributed by atoms with Crippen LogP contribution in [0.15, 0.2) is 47.1 Å². The van der Waals surface area contributed by atoms with E-state index in [-0.39, 0.29) is 0 Å². The van der Waals surface area contributed by atoms with Crippen molar-refractivity contribution in [2.24, 2.45) is 0 Å². The van der Waals surface area contributed by atoms with E-state index in [0.29, 0.717) is 12.4 Å². The summed E-state index contributed by atoms with van der Waals surface area (Å²) in [6.45, 7) is 2.11. The molecular formula is C14H14BrNO2. The van der Waals surface area contributed by atoms with Gasteiger partial charge in [-0.05, 0) is 31.2 Å². The van der Waals surface area contributed by atoms with Crippen molar-refractivity contribution in [3.63, 3.8) is 0 Å². The highest BCUT2D eigenvalue weighted by Gasteiger charge is 2.10. The first-order chi connectivity index (χ1) is 8.66. The molecule has 1 aromatic carbocycles. The van der Waals surface area contributed by atoms with Gasteiger partial charge in [0.25, 0.3) is 0 Å². The molecule has 1 atom stereocenters. The van der Waals surface area contributed by atoms with Crippen molar-refractivity contribution in [3.05, 3.63) is 58.3 Å². The zero-order valence-electron chi connectivity index (χ0n) is 10.0. The molecule has 0 spiro atoms. The zero-order chi connectivity index (χ0) is 13.0. The van der Waals surface area contributed by atoms with Crippen LogP contribution < -0.4 is 4.74 Å². The maximum Gasteiger partial charge on any atom is 0.130 e. The van der Waals surface area contributed by atoms with Crippen LogP contribution in [0, 0.1) is 0 Å². The second kappa shape index (κ2) is 5.98. The van der Waals surface area contributed by atoms with Gasteiger partial charge in [-0.25, -0.2) is 0 Å². The molecule has 0 saturated carbocycles. The highest BCUT2D eigenvalue weighted by Crippen LogP contribution is 2.29. The predicted molar refractivity (Wildman–Crippen MR) is 73.3 cm³/mol. The van der Waals surface area contributed by atoms with Crippen molar-refractivity contribution in [1.82, 2.24) is 4.98 Å². The van der Waals surface area contributed by atoms with Crippen molar-refractivity contribution < 1.29 is 9.84 Å². The molecule has 0 aliphatic heterocycles. The molecule has 0 aliphatic rings. The molecule has 1 aromatic heterocycles. The van der Waals surface area contributed by atoms with Gasteiger partial charge >= 0.3 is 0 Å². The van der Waals surface area contributed by atoms with E-state index in [1.54, 1.807) is 13.1 Å². The van der Waals surface area contributed by atoms with Gasteiger partial charge in [0.15, 0.2) is 0 Å². The molecule has 3 nitrogen and oxygen atoms in total. The average Bonchev–Trinajstić information content (AvgIpc) is 2.37. The first kappa shape index (κ1) is 13.1. The SMILES string of the molecule is C[C@@H](O)c1ccc(Br)cc1OCc1ccccn1. The average molecular weight is 308 g/mol. The minimum absolute atomic E-state index is 0.386. The minimum atomic E-state index is -0.558. The number of hydrogen-bond acceptors (Lipinski definition) is 3. The number of benzene rings is 1. The zero-order valence-corrected chi connectivity index (χ0v) is 11.6. The fourth-order valence-electron chi connectivity index (χ4n) is 1.61. The Morgan fingerprint density at radius 2 is 2.17 bits per heavy atom. The summed E-state index contributed by atoms with van der Waals surface area (Å²) >= 11 is 3.39. The topological polar surface area (TPSA) is 42.4 Å². The monoisotopic (exact) mass is 307 g/mol. The molecule has 0 aliphatic carbocycles. The molecule has 2 rings (SSSR count). The van der Waals surface area contributed by atoms with Gasteiger partial charge in [0, 0.05) is 16.2 Å². The Kier molecular flexibility index (Phi) is 4.33. The van der Waals surface area contributed by atoms with Crippen LogP contribution >= 0.6 is 15.9 Å². The molecule has 1 heterocycles. The Hall–Kier alpha value is -1.39. The lowest BCUT2D eigenvalue weighted by atomic mass is 10.1. The molecule has 94 valence electrons. The number of aromatic nitrogens is 1. The normalized spacial score (nSPS) is 12.2. The van der Waals surface area contributed by atoms with E-state index in [1.807, 2.05) is 36.4 Å². The summed E-state index contributed by atoms with van der Waals surface area (Å²) in [5.41, 5.74) is 1.63. The van der Waals surface area contributed by atoms with Gasteiger partial charge in [-0.15, -0.1) is 0 Å². The number of aliphatic hydroxyl groups excluding tert-OH is 1. The number of pyridine rings is 1. The molecule has 4 heteroatoms. The van der Waals surface area contributed by atoms with E-state index in [9.17, 15) is 5.11 Å². The highest BCUT2D eigenvalue weighted by atomic mass is 79.9. The molecule has 18 heavy (non-hydrogen) atoms. The molecule has 0 fully saturated rings. The lowest BCUT2D eigenvalue weighted by Gasteiger charge is -2.13. The van der Waals surface area contributed by atoms with Crippen LogP contribution in [0.2, 0.25) is 0 Å². The number of halogens is 1. The molecule has 1 N–H and O–H groups in total. The largest absolute Gasteiger partial charge is 0.487 e. The first-order valence-corrected chi connectivity index (χ1v) is 6.46. The highest BCUT2D eigenvalue weighted by molar-refractivity contribution is 9.10. The van der Waals surface area contributed by atoms with E-state index < -0.39 is 6.10 Å². The molecule has 0 bridgehead atoms. The van der Waals surface area contributed by atoms with Gasteiger partial charge in [0.1, 0.15) is 12.4 Å². The molecule has 2 aromatic rings. The van der Waals surface area contributed by atoms with Crippen molar-refractivity contribution in [1.29, 1.82) is 0 Å². The van der Waals surface area contributed by atoms with Crippen molar-refractivity contribution in [2.75, 3.05) is 0 Å². The second-order valence-corrected chi connectivity index (χ2v) is 4.88. The Morgan fingerprint density at radius 1 is 1.33 bits per heavy atom. The van der Waals surface area contributed by atoms with Crippen LogP contribution in [0.1, 0.15) is 24.3 Å². The number of nitrogens with zero attached hydrogens (tertiary/aromatic N) is 1. The quantitative estimate of drug-likeness (QED) is 0.940. The number of hydrogen-bond donors (Lipinski definition) is 1. The van der Waals surface area contributed by atoms with Gasteiger partial charge in [-0.2, -0.15) is 0 Å². The van der Waals surface area contributed by atoms with E-state index in [2.05, 4.69) is 20.9 Å². The van der Waals surface area contributed by atoms with E-state index >= 15 is 0 Å². The maximum atomic E-state index is 9.68. The number of ether oxygens (including phenoxy) is 1. The summed E-state index contributed by atoms with van der Waals surface area (Å²) in [4.78, 5) is 4.19. The fourth-order valence-corrected chi connectivity index (χ4v) is 1.95. The molecule has 0 saturated heterocycles. The molecule has 0 unspecified atom stereocenters. The number of rotatable bonds is 4. The van der Waals surface area contributed by atoms with E-state index in [0.717, 1.165) is 15.7 Å². The summed E-state index contributed by atoms with van der Waals surface area (Å²) < 4.78 is 6.63. The summed E-state index contributed by atoms with van der Waals surface area (Å²) in [5, 5.41) is 9.68.